The fourth-order valence-electron chi connectivity index (χ4n) is 5.04. The number of nitrogens with two attached hydrogens (primary N) is 2. The molecule has 0 radical (unpaired) electrons. The van der Waals surface area contributed by atoms with Crippen molar-refractivity contribution in [2.75, 3.05) is 25.9 Å². The van der Waals surface area contributed by atoms with Crippen LogP contribution in [0.5, 0.6) is 0 Å². The molecule has 28 heteroatoms. The zero-order valence-electron chi connectivity index (χ0n) is 32.3. The van der Waals surface area contributed by atoms with E-state index in [1.54, 1.807) is 0 Å². The van der Waals surface area contributed by atoms with Gasteiger partial charge in [0.15, 0.2) is 31.4 Å². The molecule has 0 bridgehead atoms. The summed E-state index contributed by atoms with van der Waals surface area (Å²) in [5, 5.41) is 33.2. The summed E-state index contributed by atoms with van der Waals surface area (Å²) in [6.45, 7) is 7.34. The van der Waals surface area contributed by atoms with Crippen molar-refractivity contribution in [2.24, 2.45) is 11.5 Å². The monoisotopic (exact) mass is 870 g/mol. The number of carbonyl (C=O) groups excluding carboxylic acids is 4. The Morgan fingerprint density at radius 1 is 0.793 bits per heavy atom. The predicted molar refractivity (Wildman–Crippen MR) is 195 cm³/mol. The molecule has 2 aromatic heterocycles. The van der Waals surface area contributed by atoms with Gasteiger partial charge in [-0.2, -0.15) is 0 Å². The molecule has 58 heavy (non-hydrogen) atoms. The molecule has 0 saturated carbocycles. The molecular formula is C30H52N10O16P2. The number of nitrogens with zero attached hydrogens (tertiary/aromatic N) is 6. The second-order valence-electron chi connectivity index (χ2n) is 13.1. The van der Waals surface area contributed by atoms with Crippen molar-refractivity contribution in [1.29, 1.82) is 0 Å². The zero-order valence-corrected chi connectivity index (χ0v) is 34.1. The van der Waals surface area contributed by atoms with Crippen molar-refractivity contribution >= 4 is 38.8 Å². The zero-order chi connectivity index (χ0) is 43.2. The lowest BCUT2D eigenvalue weighted by atomic mass is 10.3. The fourth-order valence-corrected chi connectivity index (χ4v) is 7.46. The maximum Gasteiger partial charge on any atom is 0.351 e. The van der Waals surface area contributed by atoms with Gasteiger partial charge in [0.1, 0.15) is 43.3 Å². The van der Waals surface area contributed by atoms with Gasteiger partial charge in [-0.15, -0.1) is 10.2 Å². The van der Waals surface area contributed by atoms with Crippen LogP contribution in [-0.4, -0.2) is 136 Å². The molecule has 2 aliphatic heterocycles. The first-order valence-corrected chi connectivity index (χ1v) is 21.8. The van der Waals surface area contributed by atoms with Crippen LogP contribution in [0.2, 0.25) is 0 Å². The van der Waals surface area contributed by atoms with Crippen molar-refractivity contribution in [2.45, 2.75) is 116 Å². The Kier molecular flexibility index (Phi) is 18.9. The minimum absolute atomic E-state index is 0.00354. The van der Waals surface area contributed by atoms with Crippen LogP contribution >= 0.6 is 15.0 Å². The molecule has 0 aliphatic carbocycles. The highest BCUT2D eigenvalue weighted by atomic mass is 31.2. The van der Waals surface area contributed by atoms with Gasteiger partial charge in [-0.1, -0.05) is 26.7 Å². The van der Waals surface area contributed by atoms with E-state index in [0.717, 1.165) is 28.5 Å². The molecule has 10 N–H and O–H groups in total. The molecule has 4 heterocycles. The summed E-state index contributed by atoms with van der Waals surface area (Å²) >= 11 is 0. The molecule has 2 amide bonds. The second-order valence-corrected chi connectivity index (χ2v) is 16.9. The molecule has 2 aromatic rings. The Morgan fingerprint density at radius 2 is 1.19 bits per heavy atom. The van der Waals surface area contributed by atoms with E-state index in [-0.39, 0.29) is 37.7 Å². The molecular weight excluding hydrogens is 818 g/mol. The number of primary amides is 2. The van der Waals surface area contributed by atoms with Crippen molar-refractivity contribution < 1.29 is 76.7 Å². The van der Waals surface area contributed by atoms with E-state index in [1.807, 2.05) is 13.8 Å². The van der Waals surface area contributed by atoms with Gasteiger partial charge < -0.3 is 59.9 Å². The maximum atomic E-state index is 13.8. The van der Waals surface area contributed by atoms with Gasteiger partial charge in [-0.25, -0.2) is 29.5 Å². The van der Waals surface area contributed by atoms with Crippen LogP contribution in [0, 0.1) is 0 Å². The number of amides is 2. The maximum absolute atomic E-state index is 13.8. The second kappa shape index (κ2) is 22.6. The van der Waals surface area contributed by atoms with Crippen LogP contribution in [0.4, 0.5) is 0 Å². The molecule has 0 aromatic carbocycles. The lowest BCUT2D eigenvalue weighted by molar-refractivity contribution is -0.149. The largest absolute Gasteiger partial charge is 0.465 e. The van der Waals surface area contributed by atoms with Crippen molar-refractivity contribution in [3.05, 3.63) is 24.3 Å². The molecule has 2 aliphatic rings. The molecule has 8 atom stereocenters. The lowest BCUT2D eigenvalue weighted by Crippen LogP contribution is -2.43. The van der Waals surface area contributed by atoms with E-state index in [2.05, 4.69) is 30.3 Å². The quantitative estimate of drug-likeness (QED) is 0.0396. The third kappa shape index (κ3) is 15.4. The number of esters is 2. The smallest absolute Gasteiger partial charge is 0.351 e. The number of hydrogen-bond acceptors (Lipinski definition) is 18. The van der Waals surface area contributed by atoms with Crippen LogP contribution < -0.4 is 21.6 Å². The average molecular weight is 871 g/mol. The summed E-state index contributed by atoms with van der Waals surface area (Å²) in [5.41, 5.74) is 10.1. The standard InChI is InChI=1S/C22H39N6O9P.C8H13N4O7P/c1-5-7-9-34-21(31)14(3)26-38(33,27-15(4)22(32)35-10-8-6-2)13-36-17-11-16(29)20(37-17)28-12-24-19(25-28)18(23)30;9-6(14)7-10-2-12(11-7)8-4(13)1-5(19-8)18-3-20(15,16)17/h12,14-17,20,29H,5-11,13H2,1-4H3,(H2,23,30)(H2,26,27,33);2,4-5,8,13H,1,3H2,(H2,9,14)(H2,15,16,17)/t14-,15-,16+,17-,20+;4-,5+,8-/m01/s1. The molecule has 2 saturated heterocycles. The molecule has 2 fully saturated rings. The highest BCUT2D eigenvalue weighted by Gasteiger charge is 2.40. The number of nitrogens with one attached hydrogen (secondary N) is 2. The first-order chi connectivity index (χ1) is 27.3. The summed E-state index contributed by atoms with van der Waals surface area (Å²) in [4.78, 5) is 71.6. The Bertz CT molecular complexity index is 1730. The number of aliphatic hydroxyl groups is 2. The number of carbonyl (C=O) groups is 4. The first-order valence-electron chi connectivity index (χ1n) is 18.1. The SMILES string of the molecule is CCCCOC(=O)[C@H](C)NP(=O)(CO[C@@H]1C[C@@H](O)[C@H](n2cnc(C(N)=O)n2)O1)N[C@@H](C)C(=O)OCCCC.NC(=O)c1ncn([C@@H]2O[C@H](OCP(=O)(O)O)C[C@H]2O)n1. The molecule has 0 spiro atoms. The summed E-state index contributed by atoms with van der Waals surface area (Å²) in [5.74, 6) is -3.37. The lowest BCUT2D eigenvalue weighted by Gasteiger charge is -2.27. The summed E-state index contributed by atoms with van der Waals surface area (Å²) < 4.78 is 58.5. The third-order valence-electron chi connectivity index (χ3n) is 7.95. The van der Waals surface area contributed by atoms with Crippen molar-refractivity contribution in [3.63, 3.8) is 0 Å². The minimum Gasteiger partial charge on any atom is -0.465 e. The van der Waals surface area contributed by atoms with E-state index in [9.17, 15) is 38.5 Å². The van der Waals surface area contributed by atoms with Crippen LogP contribution in [0.1, 0.15) is 99.9 Å². The van der Waals surface area contributed by atoms with Gasteiger partial charge in [0.05, 0.1) is 13.2 Å². The van der Waals surface area contributed by atoms with E-state index in [4.69, 9.17) is 49.7 Å². The Balaban J connectivity index is 0.000000375. The van der Waals surface area contributed by atoms with Crippen LogP contribution in [0.15, 0.2) is 12.7 Å². The van der Waals surface area contributed by atoms with E-state index >= 15 is 0 Å². The van der Waals surface area contributed by atoms with E-state index in [1.165, 1.54) is 20.2 Å². The van der Waals surface area contributed by atoms with Crippen molar-refractivity contribution in [3.8, 4) is 0 Å². The van der Waals surface area contributed by atoms with Crippen LogP contribution in [-0.2, 0) is 47.1 Å². The minimum atomic E-state index is -4.32. The van der Waals surface area contributed by atoms with Crippen LogP contribution in [0.25, 0.3) is 0 Å². The van der Waals surface area contributed by atoms with Gasteiger partial charge in [-0.3, -0.25) is 28.3 Å². The predicted octanol–water partition coefficient (Wildman–Crippen LogP) is -1.07. The summed E-state index contributed by atoms with van der Waals surface area (Å²) in [7, 11) is -8.09. The number of ether oxygens (including phenoxy) is 6. The van der Waals surface area contributed by atoms with Crippen LogP contribution in [0.3, 0.4) is 0 Å². The number of rotatable bonds is 22. The Labute approximate surface area is 332 Å². The molecule has 26 nitrogen and oxygen atoms in total. The third-order valence-corrected chi connectivity index (χ3v) is 10.6. The number of aromatic nitrogens is 6. The fraction of sp³-hybridized carbons (Fsp3) is 0.733. The summed E-state index contributed by atoms with van der Waals surface area (Å²) in [6, 6.07) is -1.97. The van der Waals surface area contributed by atoms with Gasteiger partial charge in [-0.05, 0) is 26.7 Å². The molecule has 4 rings (SSSR count). The molecule has 328 valence electrons. The molecule has 0 unspecified atom stereocenters. The van der Waals surface area contributed by atoms with Gasteiger partial charge in [0.2, 0.25) is 19.1 Å². The van der Waals surface area contributed by atoms with Gasteiger partial charge in [0.25, 0.3) is 11.8 Å². The highest BCUT2D eigenvalue weighted by Crippen LogP contribution is 2.40. The Morgan fingerprint density at radius 3 is 1.53 bits per heavy atom. The van der Waals surface area contributed by atoms with Crippen molar-refractivity contribution in [1.82, 2.24) is 39.7 Å². The average Bonchev–Trinajstić information content (AvgIpc) is 3.97. The van der Waals surface area contributed by atoms with E-state index in [0.29, 0.717) is 12.8 Å². The number of hydrogen-bond donors (Lipinski definition) is 8. The topological polar surface area (TPSA) is 376 Å². The normalized spacial score (nSPS) is 23.1. The van der Waals surface area contributed by atoms with Gasteiger partial charge in [0, 0.05) is 12.8 Å². The number of unbranched alkanes of at least 4 members (excludes halogenated alkanes) is 2. The van der Waals surface area contributed by atoms with E-state index < -0.39 is 101 Å². The number of aliphatic hydroxyl groups excluding tert-OH is 2. The van der Waals surface area contributed by atoms with Gasteiger partial charge >= 0.3 is 19.5 Å². The highest BCUT2D eigenvalue weighted by molar-refractivity contribution is 7.59. The Hall–Kier alpha value is -3.78. The summed E-state index contributed by atoms with van der Waals surface area (Å²) in [6.07, 6.45) is -2.07. The first kappa shape index (κ1) is 48.6.